The Labute approximate surface area is 156 Å². The number of aliphatic imine (C=N–C) groups is 1. The second kappa shape index (κ2) is 9.97. The van der Waals surface area contributed by atoms with Gasteiger partial charge in [0.25, 0.3) is 0 Å². The first kappa shape index (κ1) is 20.0. The van der Waals surface area contributed by atoms with Crippen molar-refractivity contribution in [1.82, 2.24) is 10.6 Å². The Balaban J connectivity index is 1.95. The van der Waals surface area contributed by atoms with Gasteiger partial charge < -0.3 is 10.6 Å². The van der Waals surface area contributed by atoms with Crippen LogP contribution in [0.25, 0.3) is 0 Å². The van der Waals surface area contributed by atoms with E-state index in [0.717, 1.165) is 13.0 Å². The molecule has 2 aromatic rings. The summed E-state index contributed by atoms with van der Waals surface area (Å²) in [4.78, 5) is 4.15. The summed E-state index contributed by atoms with van der Waals surface area (Å²) in [5.41, 5.74) is 2.56. The smallest absolute Gasteiger partial charge is 0.191 e. The zero-order valence-corrected chi connectivity index (χ0v) is 16.2. The van der Waals surface area contributed by atoms with E-state index in [9.17, 15) is 8.42 Å². The summed E-state index contributed by atoms with van der Waals surface area (Å²) in [5.74, 6) is 0.997. The third-order valence-electron chi connectivity index (χ3n) is 4.12. The molecule has 2 aromatic carbocycles. The first-order valence-corrected chi connectivity index (χ1v) is 10.8. The fraction of sp³-hybridized carbons (Fsp3) is 0.350. The molecule has 0 amide bonds. The summed E-state index contributed by atoms with van der Waals surface area (Å²) in [6.07, 6.45) is 2.13. The molecule has 0 saturated heterocycles. The van der Waals surface area contributed by atoms with Crippen LogP contribution < -0.4 is 10.6 Å². The lowest BCUT2D eigenvalue weighted by atomic mass is 9.88. The molecule has 140 valence electrons. The van der Waals surface area contributed by atoms with Crippen molar-refractivity contribution >= 4 is 15.8 Å². The highest BCUT2D eigenvalue weighted by molar-refractivity contribution is 7.90. The van der Waals surface area contributed by atoms with Crippen LogP contribution in [0.3, 0.4) is 0 Å². The molecule has 0 atom stereocenters. The minimum atomic E-state index is -2.98. The third kappa shape index (κ3) is 6.88. The Morgan fingerprint density at radius 1 is 0.923 bits per heavy atom. The molecule has 0 radical (unpaired) electrons. The van der Waals surface area contributed by atoms with E-state index in [2.05, 4.69) is 64.2 Å². The Kier molecular flexibility index (Phi) is 7.66. The molecule has 0 saturated carbocycles. The normalized spacial score (nSPS) is 12.2. The number of hydrogen-bond donors (Lipinski definition) is 2. The second-order valence-corrected chi connectivity index (χ2v) is 8.48. The van der Waals surface area contributed by atoms with Gasteiger partial charge in [-0.25, -0.2) is 8.42 Å². The van der Waals surface area contributed by atoms with Gasteiger partial charge in [0.1, 0.15) is 9.84 Å². The highest BCUT2D eigenvalue weighted by Crippen LogP contribution is 2.27. The van der Waals surface area contributed by atoms with Crippen molar-refractivity contribution in [2.75, 3.05) is 32.1 Å². The summed E-state index contributed by atoms with van der Waals surface area (Å²) in [6.45, 7) is 1.08. The maximum absolute atomic E-state index is 11.2. The first-order chi connectivity index (χ1) is 12.5. The SMILES string of the molecule is CN=C(NCCC(c1ccccc1)c1ccccc1)NCCS(C)(=O)=O. The first-order valence-electron chi connectivity index (χ1n) is 8.72. The Morgan fingerprint density at radius 2 is 1.42 bits per heavy atom. The minimum Gasteiger partial charge on any atom is -0.356 e. The molecule has 2 N–H and O–H groups in total. The molecule has 0 aliphatic rings. The summed E-state index contributed by atoms with van der Waals surface area (Å²) < 4.78 is 22.4. The zero-order valence-electron chi connectivity index (χ0n) is 15.4. The number of benzene rings is 2. The average molecular weight is 374 g/mol. The minimum absolute atomic E-state index is 0.0877. The van der Waals surface area contributed by atoms with Crippen LogP contribution in [-0.4, -0.2) is 46.5 Å². The maximum atomic E-state index is 11.2. The van der Waals surface area contributed by atoms with E-state index in [0.29, 0.717) is 18.4 Å². The molecule has 0 aromatic heterocycles. The van der Waals surface area contributed by atoms with E-state index >= 15 is 0 Å². The van der Waals surface area contributed by atoms with Gasteiger partial charge in [0.15, 0.2) is 5.96 Å². The van der Waals surface area contributed by atoms with Crippen molar-refractivity contribution in [2.45, 2.75) is 12.3 Å². The number of nitrogens with one attached hydrogen (secondary N) is 2. The summed E-state index contributed by atoms with van der Waals surface area (Å²) in [7, 11) is -1.30. The number of sulfone groups is 1. The lowest BCUT2D eigenvalue weighted by molar-refractivity contribution is 0.600. The molecule has 0 bridgehead atoms. The van der Waals surface area contributed by atoms with E-state index in [-0.39, 0.29) is 5.75 Å². The van der Waals surface area contributed by atoms with E-state index < -0.39 is 9.84 Å². The van der Waals surface area contributed by atoms with Crippen LogP contribution in [0.1, 0.15) is 23.5 Å². The van der Waals surface area contributed by atoms with E-state index in [1.165, 1.54) is 17.4 Å². The van der Waals surface area contributed by atoms with E-state index in [4.69, 9.17) is 0 Å². The summed E-state index contributed by atoms with van der Waals surface area (Å²) >= 11 is 0. The van der Waals surface area contributed by atoms with Gasteiger partial charge in [-0.1, -0.05) is 60.7 Å². The van der Waals surface area contributed by atoms with Gasteiger partial charge in [0, 0.05) is 32.3 Å². The van der Waals surface area contributed by atoms with Crippen LogP contribution in [-0.2, 0) is 9.84 Å². The molecule has 26 heavy (non-hydrogen) atoms. The number of rotatable bonds is 8. The third-order valence-corrected chi connectivity index (χ3v) is 5.06. The zero-order chi connectivity index (χ0) is 18.8. The van der Waals surface area contributed by atoms with E-state index in [1.807, 2.05) is 12.1 Å². The van der Waals surface area contributed by atoms with Crippen LogP contribution >= 0.6 is 0 Å². The fourth-order valence-electron chi connectivity index (χ4n) is 2.81. The van der Waals surface area contributed by atoms with Crippen molar-refractivity contribution in [3.05, 3.63) is 71.8 Å². The van der Waals surface area contributed by atoms with Crippen LogP contribution in [0.2, 0.25) is 0 Å². The predicted octanol–water partition coefficient (Wildman–Crippen LogP) is 2.42. The molecule has 0 aliphatic carbocycles. The van der Waals surface area contributed by atoms with Crippen molar-refractivity contribution in [1.29, 1.82) is 0 Å². The summed E-state index contributed by atoms with van der Waals surface area (Å²) in [5, 5.41) is 6.31. The molecular formula is C20H27N3O2S. The van der Waals surface area contributed by atoms with Crippen LogP contribution in [0, 0.1) is 0 Å². The van der Waals surface area contributed by atoms with Gasteiger partial charge in [-0.05, 0) is 17.5 Å². The molecule has 0 fully saturated rings. The predicted molar refractivity (Wildman–Crippen MR) is 108 cm³/mol. The molecule has 0 spiro atoms. The average Bonchev–Trinajstić information content (AvgIpc) is 2.64. The molecule has 2 rings (SSSR count). The molecule has 0 unspecified atom stereocenters. The Morgan fingerprint density at radius 3 is 1.88 bits per heavy atom. The molecule has 5 nitrogen and oxygen atoms in total. The van der Waals surface area contributed by atoms with Crippen LogP contribution in [0.5, 0.6) is 0 Å². The van der Waals surface area contributed by atoms with Crippen molar-refractivity contribution in [3.8, 4) is 0 Å². The van der Waals surface area contributed by atoms with Crippen molar-refractivity contribution in [2.24, 2.45) is 4.99 Å². The second-order valence-electron chi connectivity index (χ2n) is 6.22. The highest BCUT2D eigenvalue weighted by Gasteiger charge is 2.13. The topological polar surface area (TPSA) is 70.6 Å². The van der Waals surface area contributed by atoms with Crippen LogP contribution in [0.15, 0.2) is 65.7 Å². The summed E-state index contributed by atoms with van der Waals surface area (Å²) in [6, 6.07) is 20.9. The lowest BCUT2D eigenvalue weighted by Gasteiger charge is -2.19. The Bertz CT molecular complexity index is 751. The number of guanidine groups is 1. The standard InChI is InChI=1S/C20H27N3O2S/c1-21-20(23-15-16-26(2,24)25)22-14-13-19(17-9-5-3-6-10-17)18-11-7-4-8-12-18/h3-12,19H,13-16H2,1-2H3,(H2,21,22,23). The van der Waals surface area contributed by atoms with Gasteiger partial charge in [-0.2, -0.15) is 0 Å². The van der Waals surface area contributed by atoms with Crippen molar-refractivity contribution < 1.29 is 8.42 Å². The van der Waals surface area contributed by atoms with Crippen LogP contribution in [0.4, 0.5) is 0 Å². The number of nitrogens with zero attached hydrogens (tertiary/aromatic N) is 1. The largest absolute Gasteiger partial charge is 0.356 e. The quantitative estimate of drug-likeness (QED) is 0.551. The lowest BCUT2D eigenvalue weighted by Crippen LogP contribution is -2.40. The number of hydrogen-bond acceptors (Lipinski definition) is 3. The Hall–Kier alpha value is -2.34. The van der Waals surface area contributed by atoms with Crippen molar-refractivity contribution in [3.63, 3.8) is 0 Å². The van der Waals surface area contributed by atoms with Gasteiger partial charge in [0.05, 0.1) is 5.75 Å². The molecule has 0 aliphatic heterocycles. The molecule has 0 heterocycles. The fourth-order valence-corrected chi connectivity index (χ4v) is 3.28. The van der Waals surface area contributed by atoms with Gasteiger partial charge in [-0.15, -0.1) is 0 Å². The molecular weight excluding hydrogens is 346 g/mol. The van der Waals surface area contributed by atoms with Gasteiger partial charge >= 0.3 is 0 Å². The van der Waals surface area contributed by atoms with Gasteiger partial charge in [-0.3, -0.25) is 4.99 Å². The highest BCUT2D eigenvalue weighted by atomic mass is 32.2. The monoisotopic (exact) mass is 373 g/mol. The van der Waals surface area contributed by atoms with Gasteiger partial charge in [0.2, 0.25) is 0 Å². The maximum Gasteiger partial charge on any atom is 0.191 e. The van der Waals surface area contributed by atoms with E-state index in [1.54, 1.807) is 7.05 Å². The molecule has 6 heteroatoms.